The lowest BCUT2D eigenvalue weighted by molar-refractivity contribution is -0.149. The molecule has 1 aromatic heterocycles. The van der Waals surface area contributed by atoms with E-state index in [1.54, 1.807) is 26.1 Å². The highest BCUT2D eigenvalue weighted by molar-refractivity contribution is 9.10. The standard InChI is InChI=1S/C13H17BrN2O4/c1-3-15(9-13(19)20-4-2)12(18)8-16-7-10(14)5-6-11(16)17/h5-7H,3-4,8-9H2,1-2H3. The Morgan fingerprint density at radius 2 is 2.05 bits per heavy atom. The molecule has 0 saturated carbocycles. The third-order valence-corrected chi connectivity index (χ3v) is 3.08. The molecule has 0 aromatic carbocycles. The van der Waals surface area contributed by atoms with E-state index in [0.717, 1.165) is 0 Å². The Kier molecular flexibility index (Phi) is 6.44. The van der Waals surface area contributed by atoms with Crippen molar-refractivity contribution in [2.24, 2.45) is 0 Å². The summed E-state index contributed by atoms with van der Waals surface area (Å²) in [7, 11) is 0. The SMILES string of the molecule is CCOC(=O)CN(CC)C(=O)Cn1cc(Br)ccc1=O. The molecule has 0 aliphatic carbocycles. The van der Waals surface area contributed by atoms with Gasteiger partial charge in [-0.25, -0.2) is 0 Å². The number of esters is 1. The molecule has 1 heterocycles. The highest BCUT2D eigenvalue weighted by atomic mass is 79.9. The van der Waals surface area contributed by atoms with Crippen molar-refractivity contribution in [2.45, 2.75) is 20.4 Å². The molecular formula is C13H17BrN2O4. The Balaban J connectivity index is 2.74. The summed E-state index contributed by atoms with van der Waals surface area (Å²) in [6.45, 7) is 3.91. The topological polar surface area (TPSA) is 68.6 Å². The van der Waals surface area contributed by atoms with Gasteiger partial charge in [0.05, 0.1) is 6.61 Å². The van der Waals surface area contributed by atoms with Gasteiger partial charge in [-0.05, 0) is 35.8 Å². The molecule has 110 valence electrons. The molecule has 0 radical (unpaired) electrons. The van der Waals surface area contributed by atoms with Crippen LogP contribution in [0.3, 0.4) is 0 Å². The van der Waals surface area contributed by atoms with Crippen LogP contribution in [0.15, 0.2) is 27.6 Å². The van der Waals surface area contributed by atoms with Gasteiger partial charge >= 0.3 is 5.97 Å². The number of amides is 1. The first-order chi connectivity index (χ1) is 9.47. The van der Waals surface area contributed by atoms with Crippen molar-refractivity contribution < 1.29 is 14.3 Å². The normalized spacial score (nSPS) is 10.2. The van der Waals surface area contributed by atoms with Gasteiger partial charge in [-0.2, -0.15) is 0 Å². The van der Waals surface area contributed by atoms with Crippen molar-refractivity contribution in [1.29, 1.82) is 0 Å². The second kappa shape index (κ2) is 7.84. The minimum atomic E-state index is -0.454. The maximum Gasteiger partial charge on any atom is 0.325 e. The van der Waals surface area contributed by atoms with Crippen LogP contribution < -0.4 is 5.56 Å². The van der Waals surface area contributed by atoms with Crippen LogP contribution in [0.4, 0.5) is 0 Å². The number of ether oxygens (including phenoxy) is 1. The molecule has 1 amide bonds. The van der Waals surface area contributed by atoms with Gasteiger partial charge in [-0.15, -0.1) is 0 Å². The van der Waals surface area contributed by atoms with Crippen molar-refractivity contribution in [2.75, 3.05) is 19.7 Å². The Morgan fingerprint density at radius 3 is 2.65 bits per heavy atom. The van der Waals surface area contributed by atoms with E-state index in [-0.39, 0.29) is 31.2 Å². The van der Waals surface area contributed by atoms with Crippen molar-refractivity contribution in [3.8, 4) is 0 Å². The Labute approximate surface area is 125 Å². The maximum absolute atomic E-state index is 12.1. The van der Waals surface area contributed by atoms with Crippen molar-refractivity contribution in [3.63, 3.8) is 0 Å². The number of hydrogen-bond acceptors (Lipinski definition) is 4. The van der Waals surface area contributed by atoms with Crippen molar-refractivity contribution >= 4 is 27.8 Å². The molecule has 6 nitrogen and oxygen atoms in total. The number of aromatic nitrogens is 1. The van der Waals surface area contributed by atoms with Crippen molar-refractivity contribution in [3.05, 3.63) is 33.2 Å². The van der Waals surface area contributed by atoms with E-state index in [1.165, 1.54) is 15.5 Å². The lowest BCUT2D eigenvalue weighted by Gasteiger charge is -2.20. The molecule has 1 rings (SSSR count). The first kappa shape index (κ1) is 16.4. The minimum absolute atomic E-state index is 0.105. The summed E-state index contributed by atoms with van der Waals surface area (Å²) in [5.74, 6) is -0.759. The second-order valence-corrected chi connectivity index (χ2v) is 4.94. The molecule has 0 aliphatic heterocycles. The summed E-state index contributed by atoms with van der Waals surface area (Å²) in [5, 5.41) is 0. The Bertz CT molecular complexity index is 541. The molecule has 7 heteroatoms. The molecule has 0 aliphatic rings. The summed E-state index contributed by atoms with van der Waals surface area (Å²) in [6.07, 6.45) is 1.54. The number of hydrogen-bond donors (Lipinski definition) is 0. The molecule has 0 atom stereocenters. The van der Waals surface area contributed by atoms with Crippen LogP contribution in [0.25, 0.3) is 0 Å². The molecule has 0 spiro atoms. The molecule has 0 unspecified atom stereocenters. The highest BCUT2D eigenvalue weighted by Gasteiger charge is 2.17. The third-order valence-electron chi connectivity index (χ3n) is 2.61. The lowest BCUT2D eigenvalue weighted by atomic mass is 10.4. The number of halogens is 1. The summed E-state index contributed by atoms with van der Waals surface area (Å²) in [5.41, 5.74) is -0.270. The number of carbonyl (C=O) groups excluding carboxylic acids is 2. The van der Waals surface area contributed by atoms with Crippen LogP contribution in [-0.4, -0.2) is 41.0 Å². The van der Waals surface area contributed by atoms with Crippen LogP contribution in [-0.2, 0) is 20.9 Å². The molecule has 0 saturated heterocycles. The highest BCUT2D eigenvalue weighted by Crippen LogP contribution is 2.05. The van der Waals surface area contributed by atoms with Crippen LogP contribution >= 0.6 is 15.9 Å². The van der Waals surface area contributed by atoms with E-state index in [0.29, 0.717) is 11.0 Å². The molecule has 0 bridgehead atoms. The smallest absolute Gasteiger partial charge is 0.325 e. The van der Waals surface area contributed by atoms with Gasteiger partial charge in [0.2, 0.25) is 5.91 Å². The van der Waals surface area contributed by atoms with Gasteiger partial charge in [0.15, 0.2) is 0 Å². The van der Waals surface area contributed by atoms with Crippen LogP contribution in [0, 0.1) is 0 Å². The maximum atomic E-state index is 12.1. The predicted molar refractivity (Wildman–Crippen MR) is 77.3 cm³/mol. The fourth-order valence-corrected chi connectivity index (χ4v) is 1.99. The fraction of sp³-hybridized carbons (Fsp3) is 0.462. The third kappa shape index (κ3) is 4.80. The van der Waals surface area contributed by atoms with E-state index >= 15 is 0 Å². The average Bonchev–Trinajstić information content (AvgIpc) is 2.40. The van der Waals surface area contributed by atoms with E-state index < -0.39 is 5.97 Å². The van der Waals surface area contributed by atoms with Crippen molar-refractivity contribution in [1.82, 2.24) is 9.47 Å². The summed E-state index contributed by atoms with van der Waals surface area (Å²) >= 11 is 3.24. The first-order valence-electron chi connectivity index (χ1n) is 6.27. The molecule has 1 aromatic rings. The zero-order chi connectivity index (χ0) is 15.1. The van der Waals surface area contributed by atoms with Crippen LogP contribution in [0.1, 0.15) is 13.8 Å². The summed E-state index contributed by atoms with van der Waals surface area (Å²) < 4.78 is 6.81. The fourth-order valence-electron chi connectivity index (χ4n) is 1.61. The van der Waals surface area contributed by atoms with E-state index in [2.05, 4.69) is 15.9 Å². The monoisotopic (exact) mass is 344 g/mol. The van der Waals surface area contributed by atoms with Gasteiger partial charge in [-0.1, -0.05) is 0 Å². The molecule has 0 fully saturated rings. The van der Waals surface area contributed by atoms with Crippen LogP contribution in [0.5, 0.6) is 0 Å². The number of nitrogens with zero attached hydrogens (tertiary/aromatic N) is 2. The van der Waals surface area contributed by atoms with Gasteiger partial charge < -0.3 is 14.2 Å². The molecular weight excluding hydrogens is 328 g/mol. The van der Waals surface area contributed by atoms with Gasteiger partial charge in [0, 0.05) is 23.3 Å². The number of rotatable bonds is 6. The summed E-state index contributed by atoms with van der Waals surface area (Å²) in [6, 6.07) is 2.98. The average molecular weight is 345 g/mol. The largest absolute Gasteiger partial charge is 0.465 e. The first-order valence-corrected chi connectivity index (χ1v) is 7.06. The van der Waals surface area contributed by atoms with Gasteiger partial charge in [0.1, 0.15) is 13.1 Å². The number of likely N-dealkylation sites (N-methyl/N-ethyl adjacent to an activating group) is 1. The minimum Gasteiger partial charge on any atom is -0.465 e. The quantitative estimate of drug-likeness (QED) is 0.722. The van der Waals surface area contributed by atoms with E-state index in [9.17, 15) is 14.4 Å². The zero-order valence-electron chi connectivity index (χ0n) is 11.5. The number of carbonyl (C=O) groups is 2. The molecule has 0 N–H and O–H groups in total. The van der Waals surface area contributed by atoms with E-state index in [1.807, 2.05) is 0 Å². The zero-order valence-corrected chi connectivity index (χ0v) is 13.1. The Hall–Kier alpha value is -1.63. The summed E-state index contributed by atoms with van der Waals surface area (Å²) in [4.78, 5) is 36.5. The van der Waals surface area contributed by atoms with Crippen LogP contribution in [0.2, 0.25) is 0 Å². The predicted octanol–water partition coefficient (Wildman–Crippen LogP) is 1.02. The van der Waals surface area contributed by atoms with Gasteiger partial charge in [-0.3, -0.25) is 14.4 Å². The lowest BCUT2D eigenvalue weighted by Crippen LogP contribution is -2.39. The second-order valence-electron chi connectivity index (χ2n) is 4.03. The Morgan fingerprint density at radius 1 is 1.35 bits per heavy atom. The molecule has 20 heavy (non-hydrogen) atoms. The van der Waals surface area contributed by atoms with E-state index in [4.69, 9.17) is 4.74 Å². The van der Waals surface area contributed by atoms with Gasteiger partial charge in [0.25, 0.3) is 5.56 Å². The number of pyridine rings is 1.